The Hall–Kier alpha value is -2.34. The number of nitrogens with zero attached hydrogens (tertiary/aromatic N) is 4. The maximum absolute atomic E-state index is 12.6. The molecule has 1 aliphatic heterocycles. The van der Waals surface area contributed by atoms with Gasteiger partial charge in [0.05, 0.1) is 7.11 Å². The number of aromatic nitrogens is 2. The highest BCUT2D eigenvalue weighted by Gasteiger charge is 2.26. The second-order valence-corrected chi connectivity index (χ2v) is 5.78. The summed E-state index contributed by atoms with van der Waals surface area (Å²) in [6, 6.07) is 10.4. The van der Waals surface area contributed by atoms with Crippen LogP contribution >= 0.6 is 0 Å². The van der Waals surface area contributed by atoms with E-state index in [2.05, 4.69) is 34.3 Å². The maximum atomic E-state index is 12.6. The Morgan fingerprint density at radius 3 is 2.52 bits per heavy atom. The van der Waals surface area contributed by atoms with Crippen molar-refractivity contribution >= 4 is 5.91 Å². The molecule has 23 heavy (non-hydrogen) atoms. The van der Waals surface area contributed by atoms with Crippen molar-refractivity contribution < 1.29 is 9.53 Å². The molecule has 3 rings (SSSR count). The van der Waals surface area contributed by atoms with Gasteiger partial charge in [-0.25, -0.2) is 0 Å². The zero-order chi connectivity index (χ0) is 16.2. The fourth-order valence-electron chi connectivity index (χ4n) is 2.89. The van der Waals surface area contributed by atoms with Crippen molar-refractivity contribution in [3.05, 3.63) is 47.7 Å². The number of ether oxygens (including phenoxy) is 1. The average Bonchev–Trinajstić information content (AvgIpc) is 2.97. The number of carbonyl (C=O) groups excluding carboxylic acids is 1. The standard InChI is InChI=1S/C17H22N4O2/c1-19-13-15(16(18-19)23-2)17(22)21-10-8-20(9-11-21)12-14-6-4-3-5-7-14/h3-7,13H,8-12H2,1-2H3. The summed E-state index contributed by atoms with van der Waals surface area (Å²) in [5.74, 6) is 0.388. The summed E-state index contributed by atoms with van der Waals surface area (Å²) in [6.45, 7) is 4.14. The predicted octanol–water partition coefficient (Wildman–Crippen LogP) is 1.39. The molecule has 0 bridgehead atoms. The van der Waals surface area contributed by atoms with Crippen LogP contribution in [0.1, 0.15) is 15.9 Å². The van der Waals surface area contributed by atoms with E-state index in [0.717, 1.165) is 32.7 Å². The summed E-state index contributed by atoms with van der Waals surface area (Å²) in [7, 11) is 3.33. The molecule has 122 valence electrons. The van der Waals surface area contributed by atoms with E-state index < -0.39 is 0 Å². The lowest BCUT2D eigenvalue weighted by Crippen LogP contribution is -2.48. The van der Waals surface area contributed by atoms with Crippen LogP contribution in [0.15, 0.2) is 36.5 Å². The zero-order valence-corrected chi connectivity index (χ0v) is 13.6. The van der Waals surface area contributed by atoms with Crippen molar-refractivity contribution in [1.29, 1.82) is 0 Å². The molecule has 0 unspecified atom stereocenters. The Kier molecular flexibility index (Phi) is 4.62. The van der Waals surface area contributed by atoms with Crippen LogP contribution in [0.3, 0.4) is 0 Å². The first-order valence-electron chi connectivity index (χ1n) is 7.80. The average molecular weight is 314 g/mol. The number of piperazine rings is 1. The van der Waals surface area contributed by atoms with Gasteiger partial charge in [-0.05, 0) is 5.56 Å². The first-order valence-corrected chi connectivity index (χ1v) is 7.80. The van der Waals surface area contributed by atoms with Crippen LogP contribution in [-0.4, -0.2) is 58.8 Å². The van der Waals surface area contributed by atoms with Gasteiger partial charge < -0.3 is 9.64 Å². The lowest BCUT2D eigenvalue weighted by Gasteiger charge is -2.34. The largest absolute Gasteiger partial charge is 0.479 e. The van der Waals surface area contributed by atoms with Gasteiger partial charge in [0.2, 0.25) is 5.88 Å². The van der Waals surface area contributed by atoms with E-state index in [4.69, 9.17) is 4.74 Å². The Morgan fingerprint density at radius 1 is 1.17 bits per heavy atom. The first-order chi connectivity index (χ1) is 11.2. The summed E-state index contributed by atoms with van der Waals surface area (Å²) in [5.41, 5.74) is 1.84. The highest BCUT2D eigenvalue weighted by molar-refractivity contribution is 5.96. The van der Waals surface area contributed by atoms with E-state index >= 15 is 0 Å². The minimum Gasteiger partial charge on any atom is -0.479 e. The molecule has 2 heterocycles. The molecule has 1 aromatic carbocycles. The van der Waals surface area contributed by atoms with Gasteiger partial charge in [-0.15, -0.1) is 5.10 Å². The highest BCUT2D eigenvalue weighted by atomic mass is 16.5. The summed E-state index contributed by atoms with van der Waals surface area (Å²) in [4.78, 5) is 16.9. The molecule has 1 fully saturated rings. The van der Waals surface area contributed by atoms with Gasteiger partial charge in [0, 0.05) is 46.0 Å². The minimum atomic E-state index is -0.00527. The fourth-order valence-corrected chi connectivity index (χ4v) is 2.89. The maximum Gasteiger partial charge on any atom is 0.261 e. The SMILES string of the molecule is COc1nn(C)cc1C(=O)N1CCN(Cc2ccccc2)CC1. The van der Waals surface area contributed by atoms with E-state index in [9.17, 15) is 4.79 Å². The molecular weight excluding hydrogens is 292 g/mol. The second-order valence-electron chi connectivity index (χ2n) is 5.78. The number of aryl methyl sites for hydroxylation is 1. The van der Waals surface area contributed by atoms with Crippen LogP contribution in [0.2, 0.25) is 0 Å². The van der Waals surface area contributed by atoms with Crippen molar-refractivity contribution in [1.82, 2.24) is 19.6 Å². The predicted molar refractivity (Wildman–Crippen MR) is 87.4 cm³/mol. The lowest BCUT2D eigenvalue weighted by atomic mass is 10.2. The molecule has 1 aromatic heterocycles. The Bertz CT molecular complexity index is 660. The topological polar surface area (TPSA) is 50.6 Å². The minimum absolute atomic E-state index is 0.00527. The Labute approximate surface area is 136 Å². The van der Waals surface area contributed by atoms with Crippen LogP contribution in [0.5, 0.6) is 5.88 Å². The number of carbonyl (C=O) groups is 1. The van der Waals surface area contributed by atoms with Gasteiger partial charge in [0.25, 0.3) is 5.91 Å². The van der Waals surface area contributed by atoms with Crippen molar-refractivity contribution in [2.45, 2.75) is 6.54 Å². The molecule has 6 nitrogen and oxygen atoms in total. The molecule has 0 atom stereocenters. The third kappa shape index (κ3) is 3.53. The molecular formula is C17H22N4O2. The van der Waals surface area contributed by atoms with Crippen LogP contribution < -0.4 is 4.74 Å². The fraction of sp³-hybridized carbons (Fsp3) is 0.412. The van der Waals surface area contributed by atoms with Gasteiger partial charge in [-0.1, -0.05) is 30.3 Å². The van der Waals surface area contributed by atoms with Gasteiger partial charge in [0.1, 0.15) is 5.56 Å². The molecule has 0 saturated carbocycles. The number of hydrogen-bond donors (Lipinski definition) is 0. The second kappa shape index (κ2) is 6.83. The zero-order valence-electron chi connectivity index (χ0n) is 13.6. The molecule has 2 aromatic rings. The molecule has 1 aliphatic rings. The summed E-state index contributed by atoms with van der Waals surface area (Å²) in [5, 5.41) is 4.15. The Balaban J connectivity index is 1.59. The smallest absolute Gasteiger partial charge is 0.261 e. The molecule has 0 spiro atoms. The van der Waals surface area contributed by atoms with Crippen molar-refractivity contribution in [2.75, 3.05) is 33.3 Å². The molecule has 1 saturated heterocycles. The van der Waals surface area contributed by atoms with E-state index in [1.54, 1.807) is 17.9 Å². The van der Waals surface area contributed by atoms with E-state index in [0.29, 0.717) is 11.4 Å². The van der Waals surface area contributed by atoms with E-state index in [1.165, 1.54) is 12.7 Å². The summed E-state index contributed by atoms with van der Waals surface area (Å²) < 4.78 is 6.80. The van der Waals surface area contributed by atoms with Gasteiger partial charge >= 0.3 is 0 Å². The van der Waals surface area contributed by atoms with Crippen LogP contribution in [-0.2, 0) is 13.6 Å². The molecule has 1 amide bonds. The van der Waals surface area contributed by atoms with E-state index in [-0.39, 0.29) is 5.91 Å². The third-order valence-corrected chi connectivity index (χ3v) is 4.13. The lowest BCUT2D eigenvalue weighted by molar-refractivity contribution is 0.0625. The highest BCUT2D eigenvalue weighted by Crippen LogP contribution is 2.18. The molecule has 6 heteroatoms. The van der Waals surface area contributed by atoms with E-state index in [1.807, 2.05) is 11.0 Å². The van der Waals surface area contributed by atoms with Crippen LogP contribution in [0.4, 0.5) is 0 Å². The molecule has 0 aliphatic carbocycles. The molecule has 0 N–H and O–H groups in total. The third-order valence-electron chi connectivity index (χ3n) is 4.13. The Morgan fingerprint density at radius 2 is 1.87 bits per heavy atom. The number of amides is 1. The van der Waals surface area contributed by atoms with Crippen molar-refractivity contribution in [3.63, 3.8) is 0 Å². The van der Waals surface area contributed by atoms with Gasteiger partial charge in [-0.3, -0.25) is 14.4 Å². The quantitative estimate of drug-likeness (QED) is 0.856. The monoisotopic (exact) mass is 314 g/mol. The molecule has 0 radical (unpaired) electrons. The number of rotatable bonds is 4. The number of hydrogen-bond acceptors (Lipinski definition) is 4. The van der Waals surface area contributed by atoms with Crippen molar-refractivity contribution in [3.8, 4) is 5.88 Å². The summed E-state index contributed by atoms with van der Waals surface area (Å²) >= 11 is 0. The number of benzene rings is 1. The first kappa shape index (κ1) is 15.6. The van der Waals surface area contributed by atoms with Gasteiger partial charge in [0.15, 0.2) is 0 Å². The number of methoxy groups -OCH3 is 1. The van der Waals surface area contributed by atoms with Gasteiger partial charge in [-0.2, -0.15) is 0 Å². The van der Waals surface area contributed by atoms with Crippen LogP contribution in [0.25, 0.3) is 0 Å². The summed E-state index contributed by atoms with van der Waals surface area (Å²) in [6.07, 6.45) is 1.72. The van der Waals surface area contributed by atoms with Crippen LogP contribution in [0, 0.1) is 0 Å². The normalized spacial score (nSPS) is 15.7. The van der Waals surface area contributed by atoms with Crippen molar-refractivity contribution in [2.24, 2.45) is 7.05 Å².